The Kier molecular flexibility index (Phi) is 11.1. The smallest absolute Gasteiger partial charge is 0.116 e. The van der Waals surface area contributed by atoms with Gasteiger partial charge in [0.25, 0.3) is 0 Å². The van der Waals surface area contributed by atoms with Crippen molar-refractivity contribution in [1.82, 2.24) is 0 Å². The van der Waals surface area contributed by atoms with E-state index in [1.807, 2.05) is 0 Å². The Balaban J connectivity index is 0. The van der Waals surface area contributed by atoms with Crippen molar-refractivity contribution in [2.75, 3.05) is 0 Å². The molecule has 0 radical (unpaired) electrons. The van der Waals surface area contributed by atoms with Gasteiger partial charge in [-0.05, 0) is 30.6 Å². The van der Waals surface area contributed by atoms with Crippen LogP contribution in [0.2, 0.25) is 0 Å². The maximum Gasteiger partial charge on any atom is 0.116 e. The molecule has 0 aromatic rings. The summed E-state index contributed by atoms with van der Waals surface area (Å²) in [5.41, 5.74) is 0.653. The molecule has 0 spiro atoms. The van der Waals surface area contributed by atoms with Crippen LogP contribution in [0.5, 0.6) is 0 Å². The SMILES string of the molecule is CC1CCCC1(C)C.CC=O.CCC(C)C. The number of carbonyl (C=O) groups excluding carboxylic acids is 1. The summed E-state index contributed by atoms with van der Waals surface area (Å²) in [4.78, 5) is 8.81. The molecular weight excluding hydrogens is 196 g/mol. The van der Waals surface area contributed by atoms with E-state index >= 15 is 0 Å². The second-order valence-electron chi connectivity index (χ2n) is 5.82. The minimum atomic E-state index is 0.653. The van der Waals surface area contributed by atoms with Crippen LogP contribution in [0, 0.1) is 17.3 Å². The molecule has 1 nitrogen and oxygen atoms in total. The first-order chi connectivity index (χ1) is 7.31. The van der Waals surface area contributed by atoms with E-state index in [0.29, 0.717) is 5.41 Å². The Morgan fingerprint density at radius 3 is 1.81 bits per heavy atom. The molecule has 0 amide bonds. The van der Waals surface area contributed by atoms with Crippen molar-refractivity contribution in [3.05, 3.63) is 0 Å². The van der Waals surface area contributed by atoms with Crippen LogP contribution in [0.15, 0.2) is 0 Å². The van der Waals surface area contributed by atoms with Crippen LogP contribution in [-0.4, -0.2) is 6.29 Å². The summed E-state index contributed by atoms with van der Waals surface area (Å²) in [6.07, 6.45) is 6.40. The summed E-state index contributed by atoms with van der Waals surface area (Å²) in [7, 11) is 0. The fourth-order valence-corrected chi connectivity index (χ4v) is 1.50. The van der Waals surface area contributed by atoms with Crippen molar-refractivity contribution in [2.45, 2.75) is 74.1 Å². The first-order valence-corrected chi connectivity index (χ1v) is 6.71. The summed E-state index contributed by atoms with van der Waals surface area (Å²) >= 11 is 0. The summed E-state index contributed by atoms with van der Waals surface area (Å²) in [5.74, 6) is 1.84. The van der Waals surface area contributed by atoms with Gasteiger partial charge >= 0.3 is 0 Å². The molecule has 0 saturated heterocycles. The van der Waals surface area contributed by atoms with Crippen LogP contribution in [0.4, 0.5) is 0 Å². The lowest BCUT2D eigenvalue weighted by atomic mass is 9.83. The first kappa shape index (κ1) is 18.0. The van der Waals surface area contributed by atoms with Crippen molar-refractivity contribution in [3.63, 3.8) is 0 Å². The zero-order valence-electron chi connectivity index (χ0n) is 12.5. The van der Waals surface area contributed by atoms with Crippen LogP contribution in [0.25, 0.3) is 0 Å². The van der Waals surface area contributed by atoms with Gasteiger partial charge in [0.15, 0.2) is 0 Å². The highest BCUT2D eigenvalue weighted by Crippen LogP contribution is 2.41. The van der Waals surface area contributed by atoms with Crippen molar-refractivity contribution in [1.29, 1.82) is 0 Å². The molecule has 0 aliphatic heterocycles. The average Bonchev–Trinajstić information content (AvgIpc) is 2.47. The molecule has 1 aliphatic carbocycles. The van der Waals surface area contributed by atoms with Gasteiger partial charge in [-0.3, -0.25) is 0 Å². The Labute approximate surface area is 103 Å². The highest BCUT2D eigenvalue weighted by atomic mass is 16.1. The third-order valence-corrected chi connectivity index (χ3v) is 3.61. The first-order valence-electron chi connectivity index (χ1n) is 6.71. The molecule has 1 fully saturated rings. The highest BCUT2D eigenvalue weighted by molar-refractivity contribution is 5.44. The summed E-state index contributed by atoms with van der Waals surface area (Å²) < 4.78 is 0. The molecule has 0 aromatic heterocycles. The fraction of sp³-hybridized carbons (Fsp3) is 0.933. The zero-order valence-corrected chi connectivity index (χ0v) is 12.5. The molecule has 1 saturated carbocycles. The van der Waals surface area contributed by atoms with E-state index < -0.39 is 0 Å². The Bertz CT molecular complexity index is 159. The van der Waals surface area contributed by atoms with E-state index in [-0.39, 0.29) is 0 Å². The fourth-order valence-electron chi connectivity index (χ4n) is 1.50. The molecule has 1 atom stereocenters. The van der Waals surface area contributed by atoms with Crippen molar-refractivity contribution in [2.24, 2.45) is 17.3 Å². The van der Waals surface area contributed by atoms with E-state index in [1.54, 1.807) is 0 Å². The zero-order chi connectivity index (χ0) is 13.2. The lowest BCUT2D eigenvalue weighted by Gasteiger charge is -2.22. The van der Waals surface area contributed by atoms with Gasteiger partial charge < -0.3 is 4.79 Å². The molecule has 1 rings (SSSR count). The van der Waals surface area contributed by atoms with E-state index in [2.05, 4.69) is 41.5 Å². The Morgan fingerprint density at radius 1 is 1.38 bits per heavy atom. The van der Waals surface area contributed by atoms with Gasteiger partial charge in [-0.25, -0.2) is 0 Å². The minimum Gasteiger partial charge on any atom is -0.304 e. The van der Waals surface area contributed by atoms with E-state index in [9.17, 15) is 0 Å². The summed E-state index contributed by atoms with van der Waals surface area (Å²) in [5, 5.41) is 0. The van der Waals surface area contributed by atoms with Crippen LogP contribution in [0.3, 0.4) is 0 Å². The third-order valence-electron chi connectivity index (χ3n) is 3.61. The van der Waals surface area contributed by atoms with Crippen molar-refractivity contribution < 1.29 is 4.79 Å². The molecule has 1 unspecified atom stereocenters. The molecule has 0 N–H and O–H groups in total. The summed E-state index contributed by atoms with van der Waals surface area (Å²) in [6, 6.07) is 0. The molecule has 98 valence electrons. The van der Waals surface area contributed by atoms with E-state index in [0.717, 1.165) is 18.1 Å². The standard InChI is InChI=1S/C8H16.C5H12.C2H4O/c1-7-5-4-6-8(7,2)3;1-4-5(2)3;1-2-3/h7H,4-6H2,1-3H3;5H,4H2,1-3H3;2H,1H3. The molecular formula is C15H32O. The normalized spacial score (nSPS) is 21.6. The van der Waals surface area contributed by atoms with Gasteiger partial charge in [0.2, 0.25) is 0 Å². The lowest BCUT2D eigenvalue weighted by molar-refractivity contribution is -0.106. The van der Waals surface area contributed by atoms with Crippen LogP contribution >= 0.6 is 0 Å². The predicted molar refractivity (Wildman–Crippen MR) is 73.7 cm³/mol. The second kappa shape index (κ2) is 9.86. The quantitative estimate of drug-likeness (QED) is 0.571. The predicted octanol–water partition coefficient (Wildman–Crippen LogP) is 5.09. The minimum absolute atomic E-state index is 0.653. The Morgan fingerprint density at radius 2 is 1.75 bits per heavy atom. The summed E-state index contributed by atoms with van der Waals surface area (Å²) in [6.45, 7) is 15.2. The van der Waals surface area contributed by atoms with Gasteiger partial charge in [-0.1, -0.05) is 60.8 Å². The average molecular weight is 228 g/mol. The monoisotopic (exact) mass is 228 g/mol. The van der Waals surface area contributed by atoms with Crippen LogP contribution in [-0.2, 0) is 4.79 Å². The number of hydrogen-bond donors (Lipinski definition) is 0. The number of hydrogen-bond acceptors (Lipinski definition) is 1. The maximum atomic E-state index is 8.81. The topological polar surface area (TPSA) is 17.1 Å². The van der Waals surface area contributed by atoms with Gasteiger partial charge in [-0.2, -0.15) is 0 Å². The van der Waals surface area contributed by atoms with E-state index in [4.69, 9.17) is 4.79 Å². The maximum absolute atomic E-state index is 8.81. The second-order valence-corrected chi connectivity index (χ2v) is 5.82. The van der Waals surface area contributed by atoms with E-state index in [1.165, 1.54) is 32.6 Å². The lowest BCUT2D eigenvalue weighted by Crippen LogP contribution is -2.13. The Hall–Kier alpha value is -0.330. The van der Waals surface area contributed by atoms with Crippen molar-refractivity contribution in [3.8, 4) is 0 Å². The molecule has 1 heteroatoms. The van der Waals surface area contributed by atoms with Gasteiger partial charge in [-0.15, -0.1) is 0 Å². The van der Waals surface area contributed by atoms with Crippen LogP contribution < -0.4 is 0 Å². The molecule has 0 heterocycles. The van der Waals surface area contributed by atoms with Crippen LogP contribution in [0.1, 0.15) is 74.1 Å². The van der Waals surface area contributed by atoms with Gasteiger partial charge in [0.1, 0.15) is 6.29 Å². The molecule has 0 aromatic carbocycles. The number of rotatable bonds is 1. The molecule has 16 heavy (non-hydrogen) atoms. The largest absolute Gasteiger partial charge is 0.304 e. The van der Waals surface area contributed by atoms with Gasteiger partial charge in [0.05, 0.1) is 0 Å². The molecule has 1 aliphatic rings. The number of aldehydes is 1. The molecule has 0 bridgehead atoms. The number of carbonyl (C=O) groups is 1. The highest BCUT2D eigenvalue weighted by Gasteiger charge is 2.30. The van der Waals surface area contributed by atoms with Gasteiger partial charge in [0, 0.05) is 0 Å². The van der Waals surface area contributed by atoms with Crippen molar-refractivity contribution >= 4 is 6.29 Å². The third kappa shape index (κ3) is 10.2.